The molecular weight excluding hydrogens is 312 g/mol. The van der Waals surface area contributed by atoms with Crippen LogP contribution in [0.25, 0.3) is 11.1 Å². The number of nitro benzene ring substituents is 1. The topological polar surface area (TPSA) is 110 Å². The molecule has 0 fully saturated rings. The van der Waals surface area contributed by atoms with Gasteiger partial charge in [-0.25, -0.2) is 4.79 Å². The van der Waals surface area contributed by atoms with Crippen molar-refractivity contribution in [2.75, 3.05) is 5.32 Å². The molecule has 0 aliphatic heterocycles. The van der Waals surface area contributed by atoms with Crippen LogP contribution in [0.3, 0.4) is 0 Å². The highest BCUT2D eigenvalue weighted by molar-refractivity contribution is 5.96. The Morgan fingerprint density at radius 1 is 1.12 bits per heavy atom. The Labute approximate surface area is 138 Å². The molecule has 124 valence electrons. The maximum absolute atomic E-state index is 11.0. The highest BCUT2D eigenvalue weighted by Crippen LogP contribution is 2.32. The molecule has 1 aromatic rings. The Balaban J connectivity index is 0.000000282. The zero-order valence-electron chi connectivity index (χ0n) is 13.2. The molecule has 7 nitrogen and oxygen atoms in total. The van der Waals surface area contributed by atoms with E-state index < -0.39 is 16.8 Å². The Kier molecular flexibility index (Phi) is 4.93. The van der Waals surface area contributed by atoms with Crippen molar-refractivity contribution < 1.29 is 19.6 Å². The molecule has 0 bridgehead atoms. The number of fused-ring (bicyclic) bond motifs is 1. The van der Waals surface area contributed by atoms with E-state index in [1.165, 1.54) is 30.2 Å². The van der Waals surface area contributed by atoms with Crippen molar-refractivity contribution in [1.82, 2.24) is 0 Å². The Morgan fingerprint density at radius 2 is 1.67 bits per heavy atom. The van der Waals surface area contributed by atoms with Crippen molar-refractivity contribution in [1.29, 1.82) is 0 Å². The summed E-state index contributed by atoms with van der Waals surface area (Å²) in [6, 6.07) is 11.0. The van der Waals surface area contributed by atoms with Gasteiger partial charge < -0.3 is 10.4 Å². The lowest BCUT2D eigenvalue weighted by Gasteiger charge is -2.10. The van der Waals surface area contributed by atoms with E-state index in [2.05, 4.69) is 29.6 Å². The maximum atomic E-state index is 11.0. The lowest BCUT2D eigenvalue weighted by Crippen LogP contribution is -2.12. The molecule has 0 radical (unpaired) electrons. The Hall–Kier alpha value is -3.22. The van der Waals surface area contributed by atoms with Crippen LogP contribution in [0.4, 0.5) is 11.4 Å². The van der Waals surface area contributed by atoms with E-state index in [4.69, 9.17) is 5.11 Å². The molecule has 0 spiro atoms. The number of rotatable bonds is 4. The van der Waals surface area contributed by atoms with Crippen molar-refractivity contribution in [2.45, 2.75) is 20.3 Å². The summed E-state index contributed by atoms with van der Waals surface area (Å²) in [5.41, 5.74) is 2.46. The molecule has 0 unspecified atom stereocenters. The molecule has 2 aliphatic carbocycles. The van der Waals surface area contributed by atoms with E-state index in [9.17, 15) is 19.7 Å². The van der Waals surface area contributed by atoms with Crippen molar-refractivity contribution in [3.8, 4) is 11.1 Å². The molecule has 0 aromatic heterocycles. The van der Waals surface area contributed by atoms with Gasteiger partial charge in [-0.05, 0) is 29.7 Å². The number of benzene rings is 2. The van der Waals surface area contributed by atoms with Gasteiger partial charge in [0, 0.05) is 12.5 Å². The average Bonchev–Trinajstić information content (AvgIpc) is 2.49. The predicted molar refractivity (Wildman–Crippen MR) is 89.2 cm³/mol. The third-order valence-corrected chi connectivity index (χ3v) is 3.58. The minimum atomic E-state index is -1.23. The van der Waals surface area contributed by atoms with Crippen LogP contribution in [0.5, 0.6) is 0 Å². The highest BCUT2D eigenvalue weighted by atomic mass is 16.6. The predicted octanol–water partition coefficient (Wildman–Crippen LogP) is 3.48. The summed E-state index contributed by atoms with van der Waals surface area (Å²) in [4.78, 5) is 32.3. The molecule has 2 N–H and O–H groups in total. The van der Waals surface area contributed by atoms with Gasteiger partial charge in [-0.1, -0.05) is 31.2 Å². The van der Waals surface area contributed by atoms with Crippen molar-refractivity contribution in [3.05, 3.63) is 57.6 Å². The number of nitrogens with zero attached hydrogens (tertiary/aromatic N) is 1. The number of carboxylic acids is 1. The van der Waals surface area contributed by atoms with Crippen LogP contribution in [0.15, 0.2) is 36.4 Å². The normalized spacial score (nSPS) is 10.2. The van der Waals surface area contributed by atoms with Crippen LogP contribution in [0, 0.1) is 10.1 Å². The van der Waals surface area contributed by atoms with E-state index in [-0.39, 0.29) is 28.9 Å². The first kappa shape index (κ1) is 17.1. The van der Waals surface area contributed by atoms with E-state index in [1.54, 1.807) is 6.92 Å². The van der Waals surface area contributed by atoms with Crippen LogP contribution in [0.2, 0.25) is 0 Å². The smallest absolute Gasteiger partial charge is 0.336 e. The van der Waals surface area contributed by atoms with Crippen LogP contribution in [-0.2, 0) is 11.2 Å². The Bertz CT molecular complexity index is 791. The molecule has 1 aromatic carbocycles. The summed E-state index contributed by atoms with van der Waals surface area (Å²) in [5, 5.41) is 22.3. The number of aromatic carboxylic acids is 1. The monoisotopic (exact) mass is 328 g/mol. The molecule has 2 aliphatic rings. The second-order valence-electron chi connectivity index (χ2n) is 5.16. The first-order valence-electron chi connectivity index (χ1n) is 7.26. The number of nitro groups is 1. The van der Waals surface area contributed by atoms with Crippen molar-refractivity contribution >= 4 is 23.3 Å². The van der Waals surface area contributed by atoms with E-state index in [0.29, 0.717) is 0 Å². The Morgan fingerprint density at radius 3 is 1.96 bits per heavy atom. The SMILES string of the molecule is CCc1c(C(=O)O)ccc(NC(C)=O)c1[N+](=O)[O-].c1cc2ccc1-2. The summed E-state index contributed by atoms with van der Waals surface area (Å²) in [7, 11) is 0. The first-order valence-corrected chi connectivity index (χ1v) is 7.26. The van der Waals surface area contributed by atoms with Crippen LogP contribution >= 0.6 is 0 Å². The fraction of sp³-hybridized carbons (Fsp3) is 0.176. The molecule has 24 heavy (non-hydrogen) atoms. The molecule has 3 rings (SSSR count). The standard InChI is InChI=1S/C11H12N2O5.C6H4/c1-3-7-8(11(15)16)4-5-9(12-6(2)14)10(7)13(17)18;1-2-6-4-3-5(1)6/h4-5H,3H2,1-2H3,(H,12,14)(H,15,16);1-4H. The number of amides is 1. The number of hydrogen-bond donors (Lipinski definition) is 2. The summed E-state index contributed by atoms with van der Waals surface area (Å²) >= 11 is 0. The maximum Gasteiger partial charge on any atom is 0.336 e. The average molecular weight is 328 g/mol. The molecule has 0 saturated carbocycles. The van der Waals surface area contributed by atoms with Gasteiger partial charge in [-0.2, -0.15) is 0 Å². The minimum Gasteiger partial charge on any atom is -0.478 e. The lowest BCUT2D eigenvalue weighted by molar-refractivity contribution is -0.384. The van der Waals surface area contributed by atoms with Gasteiger partial charge in [0.15, 0.2) is 0 Å². The van der Waals surface area contributed by atoms with Gasteiger partial charge in [0.25, 0.3) is 5.69 Å². The fourth-order valence-corrected chi connectivity index (χ4v) is 2.36. The quantitative estimate of drug-likeness (QED) is 0.563. The zero-order valence-corrected chi connectivity index (χ0v) is 13.2. The van der Waals surface area contributed by atoms with Gasteiger partial charge in [0.05, 0.1) is 10.5 Å². The molecule has 0 atom stereocenters. The molecule has 0 heterocycles. The number of nitrogens with one attached hydrogen (secondary N) is 1. The summed E-state index contributed by atoms with van der Waals surface area (Å²) < 4.78 is 0. The largest absolute Gasteiger partial charge is 0.478 e. The molecule has 1 amide bonds. The third kappa shape index (κ3) is 3.40. The molecule has 0 saturated heterocycles. The molecule has 7 heteroatoms. The number of hydrogen-bond acceptors (Lipinski definition) is 4. The summed E-state index contributed by atoms with van der Waals surface area (Å²) in [5.74, 6) is -1.69. The first-order chi connectivity index (χ1) is 11.3. The lowest BCUT2D eigenvalue weighted by atomic mass is 9.95. The van der Waals surface area contributed by atoms with Gasteiger partial charge >= 0.3 is 5.97 Å². The fourth-order valence-electron chi connectivity index (χ4n) is 2.36. The number of carboxylic acid groups (broad SMARTS) is 1. The minimum absolute atomic E-state index is 0.00866. The van der Waals surface area contributed by atoms with Crippen LogP contribution in [0.1, 0.15) is 29.8 Å². The van der Waals surface area contributed by atoms with Crippen LogP contribution in [-0.4, -0.2) is 21.9 Å². The van der Waals surface area contributed by atoms with Gasteiger partial charge in [-0.3, -0.25) is 14.9 Å². The van der Waals surface area contributed by atoms with E-state index >= 15 is 0 Å². The van der Waals surface area contributed by atoms with Gasteiger partial charge in [-0.15, -0.1) is 0 Å². The number of carbonyl (C=O) groups excluding carboxylic acids is 1. The molecular formula is C17H16N2O5. The summed E-state index contributed by atoms with van der Waals surface area (Å²) in [6.45, 7) is 2.84. The summed E-state index contributed by atoms with van der Waals surface area (Å²) in [6.07, 6.45) is 0.186. The van der Waals surface area contributed by atoms with Crippen molar-refractivity contribution in [2.24, 2.45) is 0 Å². The number of anilines is 1. The second-order valence-corrected chi connectivity index (χ2v) is 5.16. The highest BCUT2D eigenvalue weighted by Gasteiger charge is 2.25. The van der Waals surface area contributed by atoms with Gasteiger partial charge in [0.2, 0.25) is 5.91 Å². The van der Waals surface area contributed by atoms with E-state index in [0.717, 1.165) is 0 Å². The zero-order chi connectivity index (χ0) is 17.9. The number of carbonyl (C=O) groups is 2. The second kappa shape index (κ2) is 6.91. The van der Waals surface area contributed by atoms with Crippen molar-refractivity contribution in [3.63, 3.8) is 0 Å². The van der Waals surface area contributed by atoms with Crippen LogP contribution < -0.4 is 5.32 Å². The van der Waals surface area contributed by atoms with E-state index in [1.807, 2.05) is 0 Å². The third-order valence-electron chi connectivity index (χ3n) is 3.58. The van der Waals surface area contributed by atoms with Gasteiger partial charge in [0.1, 0.15) is 5.69 Å².